The minimum Gasteiger partial charge on any atom is -0.367 e. The zero-order valence-corrected chi connectivity index (χ0v) is 5.58. The Morgan fingerprint density at radius 2 is 1.91 bits per heavy atom. The number of aliphatic hydroxyl groups is 2. The van der Waals surface area contributed by atoms with Crippen LogP contribution in [0, 0.1) is 0 Å². The molecule has 0 saturated carbocycles. The van der Waals surface area contributed by atoms with Gasteiger partial charge in [0.05, 0.1) is 12.5 Å². The largest absolute Gasteiger partial charge is 0.367 e. The number of carbonyl (C=O) groups excluding carboxylic acids is 1. The Balaban J connectivity index is 3.76. The van der Waals surface area contributed by atoms with E-state index >= 15 is 0 Å². The lowest BCUT2D eigenvalue weighted by atomic mass is 10.2. The molecular formula is C4H10N2O5. The number of hydroxylamine groups is 2. The van der Waals surface area contributed by atoms with E-state index in [4.69, 9.17) is 26.4 Å². The van der Waals surface area contributed by atoms with E-state index in [1.807, 2.05) is 0 Å². The number of aliphatic hydroxyl groups excluding tert-OH is 1. The van der Waals surface area contributed by atoms with E-state index in [0.717, 1.165) is 0 Å². The topological polar surface area (TPSA) is 127 Å². The predicted octanol–water partition coefficient (Wildman–Crippen LogP) is -2.38. The quantitative estimate of drug-likeness (QED) is 0.181. The van der Waals surface area contributed by atoms with Gasteiger partial charge in [0.25, 0.3) is 5.91 Å². The van der Waals surface area contributed by atoms with E-state index in [-0.39, 0.29) is 0 Å². The van der Waals surface area contributed by atoms with Gasteiger partial charge in [-0.25, -0.2) is 0 Å². The lowest BCUT2D eigenvalue weighted by molar-refractivity contribution is -0.286. The van der Waals surface area contributed by atoms with Crippen LogP contribution in [-0.4, -0.2) is 44.1 Å². The predicted molar refractivity (Wildman–Crippen MR) is 31.2 cm³/mol. The van der Waals surface area contributed by atoms with Gasteiger partial charge in [0.2, 0.25) is 0 Å². The van der Waals surface area contributed by atoms with Crippen molar-refractivity contribution in [2.24, 2.45) is 5.73 Å². The van der Waals surface area contributed by atoms with Gasteiger partial charge < -0.3 is 15.9 Å². The normalized spacial score (nSPS) is 13.3. The fourth-order valence-corrected chi connectivity index (χ4v) is 0.389. The molecule has 0 aromatic carbocycles. The second-order valence-corrected chi connectivity index (χ2v) is 1.96. The van der Waals surface area contributed by atoms with Crippen LogP contribution >= 0.6 is 0 Å². The summed E-state index contributed by atoms with van der Waals surface area (Å²) in [5.41, 5.74) is 4.99. The molecule has 0 aromatic rings. The van der Waals surface area contributed by atoms with Crippen molar-refractivity contribution < 1.29 is 25.4 Å². The van der Waals surface area contributed by atoms with Crippen LogP contribution in [0.1, 0.15) is 6.42 Å². The molecule has 0 fully saturated rings. The number of rotatable bonds is 3. The zero-order chi connectivity index (χ0) is 9.02. The highest BCUT2D eigenvalue weighted by Gasteiger charge is 2.18. The first-order valence-electron chi connectivity index (χ1n) is 2.77. The second kappa shape index (κ2) is 4.21. The van der Waals surface area contributed by atoms with Crippen LogP contribution in [0.4, 0.5) is 0 Å². The summed E-state index contributed by atoms with van der Waals surface area (Å²) in [4.78, 5) is 10.4. The molecule has 7 nitrogen and oxygen atoms in total. The average Bonchev–Trinajstić information content (AvgIpc) is 1.87. The molecule has 0 radical (unpaired) electrons. The molecule has 11 heavy (non-hydrogen) atoms. The first kappa shape index (κ1) is 10.3. The molecule has 0 spiro atoms. The number of hydrogen-bond acceptors (Lipinski definition) is 6. The SMILES string of the molecule is NC(CC(=O)N(O)O)C(O)O. The zero-order valence-electron chi connectivity index (χ0n) is 5.58. The van der Waals surface area contributed by atoms with Gasteiger partial charge >= 0.3 is 0 Å². The number of amides is 1. The Bertz CT molecular complexity index is 136. The maximum absolute atomic E-state index is 10.4. The van der Waals surface area contributed by atoms with Gasteiger partial charge in [-0.3, -0.25) is 15.2 Å². The summed E-state index contributed by atoms with van der Waals surface area (Å²) in [7, 11) is 0. The highest BCUT2D eigenvalue weighted by atomic mass is 16.8. The molecule has 0 saturated heterocycles. The molecule has 0 heterocycles. The summed E-state index contributed by atoms with van der Waals surface area (Å²) in [6, 6.07) is -1.22. The van der Waals surface area contributed by atoms with Crippen LogP contribution in [0.5, 0.6) is 0 Å². The Morgan fingerprint density at radius 1 is 1.45 bits per heavy atom. The maximum Gasteiger partial charge on any atom is 0.274 e. The minimum atomic E-state index is -1.85. The standard InChI is InChI=1S/C4H10N2O5/c5-2(4(8)9)1-3(7)6(10)11/h2,4,8-11H,1,5H2. The third-order valence-electron chi connectivity index (χ3n) is 1.02. The van der Waals surface area contributed by atoms with Crippen molar-refractivity contribution in [2.75, 3.05) is 0 Å². The molecule has 0 aromatic heterocycles. The molecular weight excluding hydrogens is 156 g/mol. The van der Waals surface area contributed by atoms with Crippen LogP contribution in [0.25, 0.3) is 0 Å². The van der Waals surface area contributed by atoms with Gasteiger partial charge in [-0.1, -0.05) is 5.23 Å². The molecule has 0 aliphatic heterocycles. The second-order valence-electron chi connectivity index (χ2n) is 1.96. The molecule has 1 atom stereocenters. The van der Waals surface area contributed by atoms with Crippen LogP contribution in [0.3, 0.4) is 0 Å². The van der Waals surface area contributed by atoms with E-state index in [1.54, 1.807) is 0 Å². The van der Waals surface area contributed by atoms with Gasteiger partial charge in [0.1, 0.15) is 0 Å². The van der Waals surface area contributed by atoms with Crippen molar-refractivity contribution in [1.29, 1.82) is 0 Å². The molecule has 66 valence electrons. The lowest BCUT2D eigenvalue weighted by Gasteiger charge is -2.13. The maximum atomic E-state index is 10.4. The van der Waals surface area contributed by atoms with E-state index in [1.165, 1.54) is 0 Å². The third-order valence-corrected chi connectivity index (χ3v) is 1.02. The summed E-state index contributed by atoms with van der Waals surface area (Å²) < 4.78 is 0. The summed E-state index contributed by atoms with van der Waals surface area (Å²) in [6.07, 6.45) is -2.40. The fraction of sp³-hybridized carbons (Fsp3) is 0.750. The monoisotopic (exact) mass is 166 g/mol. The van der Waals surface area contributed by atoms with E-state index in [9.17, 15) is 4.79 Å². The van der Waals surface area contributed by atoms with Gasteiger partial charge in [0.15, 0.2) is 6.29 Å². The van der Waals surface area contributed by atoms with Crippen LogP contribution in [-0.2, 0) is 4.79 Å². The summed E-state index contributed by atoms with van der Waals surface area (Å²) in [5.74, 6) is -1.11. The van der Waals surface area contributed by atoms with Crippen molar-refractivity contribution >= 4 is 5.91 Å². The minimum absolute atomic E-state index is 0.551. The summed E-state index contributed by atoms with van der Waals surface area (Å²) >= 11 is 0. The molecule has 0 bridgehead atoms. The summed E-state index contributed by atoms with van der Waals surface area (Å²) in [6.45, 7) is 0. The van der Waals surface area contributed by atoms with E-state index in [0.29, 0.717) is 0 Å². The van der Waals surface area contributed by atoms with Gasteiger partial charge in [-0.05, 0) is 0 Å². The van der Waals surface area contributed by atoms with E-state index < -0.39 is 29.9 Å². The molecule has 1 unspecified atom stereocenters. The van der Waals surface area contributed by atoms with Crippen LogP contribution in [0.2, 0.25) is 0 Å². The molecule has 0 aliphatic carbocycles. The van der Waals surface area contributed by atoms with E-state index in [2.05, 4.69) is 0 Å². The Kier molecular flexibility index (Phi) is 3.93. The van der Waals surface area contributed by atoms with Crippen LogP contribution in [0.15, 0.2) is 0 Å². The van der Waals surface area contributed by atoms with Crippen molar-refractivity contribution in [3.05, 3.63) is 0 Å². The van der Waals surface area contributed by atoms with Crippen molar-refractivity contribution in [1.82, 2.24) is 5.23 Å². The highest BCUT2D eigenvalue weighted by Crippen LogP contribution is 1.95. The number of hydrogen-bond donors (Lipinski definition) is 5. The van der Waals surface area contributed by atoms with Gasteiger partial charge in [-0.15, -0.1) is 0 Å². The first-order valence-corrected chi connectivity index (χ1v) is 2.77. The summed E-state index contributed by atoms with van der Waals surface area (Å²) in [5, 5.41) is 32.2. The Morgan fingerprint density at radius 3 is 2.18 bits per heavy atom. The molecule has 7 heteroatoms. The molecule has 1 amide bonds. The molecule has 0 rings (SSSR count). The lowest BCUT2D eigenvalue weighted by Crippen LogP contribution is -2.39. The smallest absolute Gasteiger partial charge is 0.274 e. The third kappa shape index (κ3) is 3.86. The number of nitrogens with two attached hydrogens (primary N) is 1. The van der Waals surface area contributed by atoms with Gasteiger partial charge in [0, 0.05) is 0 Å². The molecule has 6 N–H and O–H groups in total. The Labute approximate surface area is 62.2 Å². The number of nitrogens with zero attached hydrogens (tertiary/aromatic N) is 1. The van der Waals surface area contributed by atoms with Gasteiger partial charge in [-0.2, -0.15) is 0 Å². The van der Waals surface area contributed by atoms with Crippen molar-refractivity contribution in [2.45, 2.75) is 18.8 Å². The fourth-order valence-electron chi connectivity index (χ4n) is 0.389. The van der Waals surface area contributed by atoms with Crippen LogP contribution < -0.4 is 5.73 Å². The van der Waals surface area contributed by atoms with Crippen molar-refractivity contribution in [3.8, 4) is 0 Å². The number of carbonyl (C=O) groups is 1. The average molecular weight is 166 g/mol. The van der Waals surface area contributed by atoms with Crippen molar-refractivity contribution in [3.63, 3.8) is 0 Å². The Hall–Kier alpha value is -0.730. The first-order chi connectivity index (χ1) is 4.95. The molecule has 0 aliphatic rings. The highest BCUT2D eigenvalue weighted by molar-refractivity contribution is 5.74.